The Morgan fingerprint density at radius 2 is 2.06 bits per heavy atom. The van der Waals surface area contributed by atoms with Gasteiger partial charge in [-0.05, 0) is 31.4 Å². The number of aryl methyl sites for hydroxylation is 2. The first-order valence-corrected chi connectivity index (χ1v) is 5.64. The quantitative estimate of drug-likeness (QED) is 0.725. The van der Waals surface area contributed by atoms with Crippen molar-refractivity contribution >= 4 is 5.97 Å². The highest BCUT2D eigenvalue weighted by molar-refractivity contribution is 5.66. The van der Waals surface area contributed by atoms with Crippen molar-refractivity contribution in [2.75, 3.05) is 0 Å². The highest BCUT2D eigenvalue weighted by Crippen LogP contribution is 2.23. The lowest BCUT2D eigenvalue weighted by Crippen LogP contribution is -2.29. The number of aliphatic hydroxyl groups is 1. The monoisotopic (exact) mass is 237 g/mol. The molecule has 0 saturated heterocycles. The van der Waals surface area contributed by atoms with Gasteiger partial charge in [-0.3, -0.25) is 4.79 Å². The van der Waals surface area contributed by atoms with Gasteiger partial charge in [-0.2, -0.15) is 0 Å². The van der Waals surface area contributed by atoms with Gasteiger partial charge in [-0.25, -0.2) is 0 Å². The molecule has 0 heterocycles. The molecule has 0 aliphatic heterocycles. The summed E-state index contributed by atoms with van der Waals surface area (Å²) in [5, 5.41) is 18.7. The molecule has 4 nitrogen and oxygen atoms in total. The molecule has 0 bridgehead atoms. The number of rotatable bonds is 5. The highest BCUT2D eigenvalue weighted by atomic mass is 16.4. The van der Waals surface area contributed by atoms with Gasteiger partial charge in [0, 0.05) is 12.5 Å². The lowest BCUT2D eigenvalue weighted by molar-refractivity contribution is -0.137. The molecule has 94 valence electrons. The van der Waals surface area contributed by atoms with E-state index in [0.29, 0.717) is 0 Å². The number of hydrogen-bond donors (Lipinski definition) is 3. The van der Waals surface area contributed by atoms with Crippen LogP contribution in [0.15, 0.2) is 18.2 Å². The van der Waals surface area contributed by atoms with Crippen molar-refractivity contribution in [3.8, 4) is 0 Å². The van der Waals surface area contributed by atoms with Crippen LogP contribution in [0, 0.1) is 13.8 Å². The topological polar surface area (TPSA) is 83.5 Å². The van der Waals surface area contributed by atoms with Crippen molar-refractivity contribution in [2.24, 2.45) is 5.73 Å². The SMILES string of the molecule is Cc1ccc(C)c(C(O)C(N)CCC(=O)O)c1. The molecule has 0 saturated carbocycles. The Bertz CT molecular complexity index is 404. The Morgan fingerprint density at radius 1 is 1.41 bits per heavy atom. The van der Waals surface area contributed by atoms with Crippen molar-refractivity contribution < 1.29 is 15.0 Å². The maximum absolute atomic E-state index is 10.4. The summed E-state index contributed by atoms with van der Waals surface area (Å²) < 4.78 is 0. The first kappa shape index (κ1) is 13.7. The van der Waals surface area contributed by atoms with Gasteiger partial charge in [0.2, 0.25) is 0 Å². The molecule has 2 atom stereocenters. The van der Waals surface area contributed by atoms with Crippen molar-refractivity contribution in [1.29, 1.82) is 0 Å². The largest absolute Gasteiger partial charge is 0.481 e. The van der Waals surface area contributed by atoms with Crippen molar-refractivity contribution in [1.82, 2.24) is 0 Å². The fourth-order valence-corrected chi connectivity index (χ4v) is 1.76. The Morgan fingerprint density at radius 3 is 2.65 bits per heavy atom. The fraction of sp³-hybridized carbons (Fsp3) is 0.462. The Labute approximate surface area is 101 Å². The van der Waals surface area contributed by atoms with Gasteiger partial charge in [0.1, 0.15) is 0 Å². The number of aliphatic hydroxyl groups excluding tert-OH is 1. The number of aliphatic carboxylic acids is 1. The minimum atomic E-state index is -0.895. The molecule has 4 heteroatoms. The van der Waals surface area contributed by atoms with Crippen LogP contribution in [0.25, 0.3) is 0 Å². The zero-order valence-corrected chi connectivity index (χ0v) is 10.2. The second-order valence-electron chi connectivity index (χ2n) is 4.40. The number of nitrogens with two attached hydrogens (primary N) is 1. The second-order valence-corrected chi connectivity index (χ2v) is 4.40. The van der Waals surface area contributed by atoms with Crippen molar-refractivity contribution in [2.45, 2.75) is 38.8 Å². The number of carboxylic acids is 1. The van der Waals surface area contributed by atoms with E-state index in [-0.39, 0.29) is 12.8 Å². The van der Waals surface area contributed by atoms with E-state index in [1.54, 1.807) is 0 Å². The molecule has 0 aromatic heterocycles. The van der Waals surface area contributed by atoms with E-state index in [0.717, 1.165) is 16.7 Å². The zero-order chi connectivity index (χ0) is 13.0. The van der Waals surface area contributed by atoms with E-state index in [2.05, 4.69) is 0 Å². The van der Waals surface area contributed by atoms with E-state index in [1.165, 1.54) is 0 Å². The average molecular weight is 237 g/mol. The van der Waals surface area contributed by atoms with Crippen molar-refractivity contribution in [3.63, 3.8) is 0 Å². The highest BCUT2D eigenvalue weighted by Gasteiger charge is 2.19. The first-order chi connectivity index (χ1) is 7.91. The zero-order valence-electron chi connectivity index (χ0n) is 10.2. The normalized spacial score (nSPS) is 14.4. The molecule has 0 fully saturated rings. The summed E-state index contributed by atoms with van der Waals surface area (Å²) in [6, 6.07) is 5.24. The summed E-state index contributed by atoms with van der Waals surface area (Å²) in [6.07, 6.45) is -0.568. The maximum Gasteiger partial charge on any atom is 0.303 e. The van der Waals surface area contributed by atoms with Crippen LogP contribution in [0.1, 0.15) is 35.6 Å². The van der Waals surface area contributed by atoms with Gasteiger partial charge in [-0.15, -0.1) is 0 Å². The fourth-order valence-electron chi connectivity index (χ4n) is 1.76. The van der Waals surface area contributed by atoms with E-state index < -0.39 is 18.1 Å². The van der Waals surface area contributed by atoms with Gasteiger partial charge in [0.25, 0.3) is 0 Å². The molecule has 0 aliphatic carbocycles. The molecule has 0 radical (unpaired) electrons. The average Bonchev–Trinajstić information content (AvgIpc) is 2.28. The summed E-state index contributed by atoms with van der Waals surface area (Å²) >= 11 is 0. The minimum absolute atomic E-state index is 0.0247. The lowest BCUT2D eigenvalue weighted by Gasteiger charge is -2.20. The van der Waals surface area contributed by atoms with Gasteiger partial charge in [0.15, 0.2) is 0 Å². The maximum atomic E-state index is 10.4. The van der Waals surface area contributed by atoms with E-state index in [9.17, 15) is 9.90 Å². The van der Waals surface area contributed by atoms with Crippen LogP contribution in [0.4, 0.5) is 0 Å². The second kappa shape index (κ2) is 5.80. The van der Waals surface area contributed by atoms with Crippen LogP contribution >= 0.6 is 0 Å². The molecule has 0 aliphatic rings. The Balaban J connectivity index is 2.77. The van der Waals surface area contributed by atoms with Crippen molar-refractivity contribution in [3.05, 3.63) is 34.9 Å². The predicted molar refractivity (Wildman–Crippen MR) is 65.7 cm³/mol. The standard InChI is InChI=1S/C13H19NO3/c1-8-3-4-9(2)10(7-8)13(17)11(14)5-6-12(15)16/h3-4,7,11,13,17H,5-6,14H2,1-2H3,(H,15,16). The third-order valence-electron chi connectivity index (χ3n) is 2.85. The first-order valence-electron chi connectivity index (χ1n) is 5.64. The molecule has 0 amide bonds. The minimum Gasteiger partial charge on any atom is -0.481 e. The Kier molecular flexibility index (Phi) is 4.66. The summed E-state index contributed by atoms with van der Waals surface area (Å²) in [5.74, 6) is -0.895. The summed E-state index contributed by atoms with van der Waals surface area (Å²) in [6.45, 7) is 3.85. The van der Waals surface area contributed by atoms with Gasteiger partial charge in [-0.1, -0.05) is 23.8 Å². The van der Waals surface area contributed by atoms with E-state index in [4.69, 9.17) is 10.8 Å². The molecule has 1 aromatic rings. The van der Waals surface area contributed by atoms with E-state index >= 15 is 0 Å². The summed E-state index contributed by atoms with van der Waals surface area (Å²) in [4.78, 5) is 10.4. The molecule has 4 N–H and O–H groups in total. The molecular formula is C13H19NO3. The number of hydrogen-bond acceptors (Lipinski definition) is 3. The Hall–Kier alpha value is -1.39. The van der Waals surface area contributed by atoms with Crippen LogP contribution in [0.3, 0.4) is 0 Å². The lowest BCUT2D eigenvalue weighted by atomic mass is 9.94. The third kappa shape index (κ3) is 3.84. The third-order valence-corrected chi connectivity index (χ3v) is 2.85. The number of carboxylic acid groups (broad SMARTS) is 1. The van der Waals surface area contributed by atoms with Crippen LogP contribution in [0.5, 0.6) is 0 Å². The van der Waals surface area contributed by atoms with Crippen LogP contribution in [0.2, 0.25) is 0 Å². The predicted octanol–water partition coefficient (Wildman–Crippen LogP) is 1.53. The molecule has 2 unspecified atom stereocenters. The molecular weight excluding hydrogens is 218 g/mol. The van der Waals surface area contributed by atoms with E-state index in [1.807, 2.05) is 32.0 Å². The van der Waals surface area contributed by atoms with Gasteiger partial charge >= 0.3 is 5.97 Å². The summed E-state index contributed by atoms with van der Waals surface area (Å²) in [5.41, 5.74) is 8.60. The van der Waals surface area contributed by atoms with Crippen LogP contribution in [-0.2, 0) is 4.79 Å². The van der Waals surface area contributed by atoms with Crippen LogP contribution < -0.4 is 5.73 Å². The smallest absolute Gasteiger partial charge is 0.303 e. The van der Waals surface area contributed by atoms with Gasteiger partial charge < -0.3 is 15.9 Å². The molecule has 0 spiro atoms. The molecule has 1 aromatic carbocycles. The number of benzene rings is 1. The summed E-state index contributed by atoms with van der Waals surface area (Å²) in [7, 11) is 0. The molecule has 17 heavy (non-hydrogen) atoms. The van der Waals surface area contributed by atoms with Crippen LogP contribution in [-0.4, -0.2) is 22.2 Å². The van der Waals surface area contributed by atoms with Gasteiger partial charge in [0.05, 0.1) is 6.10 Å². The molecule has 1 rings (SSSR count). The number of carbonyl (C=O) groups is 1.